The Morgan fingerprint density at radius 3 is 2.67 bits per heavy atom. The zero-order chi connectivity index (χ0) is 14.7. The molecule has 106 valence electrons. The number of aromatic nitrogens is 2. The lowest BCUT2D eigenvalue weighted by atomic mass is 10.2. The summed E-state index contributed by atoms with van der Waals surface area (Å²) < 4.78 is 19.0. The van der Waals surface area contributed by atoms with Gasteiger partial charge in [0.15, 0.2) is 0 Å². The lowest BCUT2D eigenvalue weighted by Crippen LogP contribution is -2.00. The van der Waals surface area contributed by atoms with Crippen LogP contribution >= 0.6 is 0 Å². The molecule has 0 unspecified atom stereocenters. The number of nitrogens with one attached hydrogen (secondary N) is 1. The zero-order valence-corrected chi connectivity index (χ0v) is 11.5. The summed E-state index contributed by atoms with van der Waals surface area (Å²) in [6, 6.07) is 14.5. The molecular weight excluding hydrogens is 269 g/mol. The van der Waals surface area contributed by atoms with Crippen LogP contribution in [0.15, 0.2) is 52.9 Å². The predicted molar refractivity (Wildman–Crippen MR) is 78.2 cm³/mol. The zero-order valence-electron chi connectivity index (χ0n) is 11.5. The third-order valence-corrected chi connectivity index (χ3v) is 3.10. The van der Waals surface area contributed by atoms with E-state index in [1.54, 1.807) is 13.0 Å². The van der Waals surface area contributed by atoms with Crippen LogP contribution in [0.2, 0.25) is 0 Å². The first-order valence-electron chi connectivity index (χ1n) is 6.60. The van der Waals surface area contributed by atoms with Gasteiger partial charge < -0.3 is 9.73 Å². The van der Waals surface area contributed by atoms with Gasteiger partial charge in [-0.05, 0) is 36.8 Å². The van der Waals surface area contributed by atoms with Crippen molar-refractivity contribution in [3.05, 3.63) is 65.8 Å². The molecule has 4 nitrogen and oxygen atoms in total. The summed E-state index contributed by atoms with van der Waals surface area (Å²) in [5, 5.41) is 11.0. The monoisotopic (exact) mass is 283 g/mol. The van der Waals surface area contributed by atoms with Gasteiger partial charge in [0, 0.05) is 11.3 Å². The van der Waals surface area contributed by atoms with Crippen molar-refractivity contribution in [1.82, 2.24) is 10.2 Å². The minimum atomic E-state index is -0.240. The van der Waals surface area contributed by atoms with Crippen LogP contribution in [-0.2, 0) is 6.54 Å². The van der Waals surface area contributed by atoms with Crippen LogP contribution in [0.3, 0.4) is 0 Å². The fourth-order valence-electron chi connectivity index (χ4n) is 1.90. The second-order valence-corrected chi connectivity index (χ2v) is 4.68. The maximum atomic E-state index is 13.4. The van der Waals surface area contributed by atoms with Gasteiger partial charge in [-0.25, -0.2) is 4.39 Å². The average Bonchev–Trinajstić information content (AvgIpc) is 2.98. The van der Waals surface area contributed by atoms with E-state index in [1.165, 1.54) is 6.07 Å². The van der Waals surface area contributed by atoms with Crippen LogP contribution in [0, 0.1) is 12.7 Å². The standard InChI is InChI=1S/C16H14FN3O/c1-11-7-8-13(9-14(11)17)18-10-15-19-20-16(21-15)12-5-3-2-4-6-12/h2-9,18H,10H2,1H3. The number of hydrogen-bond acceptors (Lipinski definition) is 4. The third kappa shape index (κ3) is 3.08. The van der Waals surface area contributed by atoms with Crippen molar-refractivity contribution in [2.45, 2.75) is 13.5 Å². The van der Waals surface area contributed by atoms with Gasteiger partial charge >= 0.3 is 0 Å². The molecule has 0 bridgehead atoms. The lowest BCUT2D eigenvalue weighted by Gasteiger charge is -2.04. The van der Waals surface area contributed by atoms with E-state index in [9.17, 15) is 4.39 Å². The molecule has 1 heterocycles. The summed E-state index contributed by atoms with van der Waals surface area (Å²) in [6.07, 6.45) is 0. The number of benzene rings is 2. The Morgan fingerprint density at radius 2 is 1.90 bits per heavy atom. The molecule has 0 aliphatic carbocycles. The molecule has 21 heavy (non-hydrogen) atoms. The Morgan fingerprint density at radius 1 is 1.10 bits per heavy atom. The second kappa shape index (κ2) is 5.75. The highest BCUT2D eigenvalue weighted by atomic mass is 19.1. The van der Waals surface area contributed by atoms with E-state index in [0.717, 1.165) is 5.56 Å². The molecule has 1 aromatic heterocycles. The number of halogens is 1. The maximum Gasteiger partial charge on any atom is 0.247 e. The molecule has 3 aromatic rings. The quantitative estimate of drug-likeness (QED) is 0.791. The number of hydrogen-bond donors (Lipinski definition) is 1. The van der Waals surface area contributed by atoms with E-state index < -0.39 is 0 Å². The molecule has 0 radical (unpaired) electrons. The van der Waals surface area contributed by atoms with E-state index in [-0.39, 0.29) is 5.82 Å². The highest BCUT2D eigenvalue weighted by molar-refractivity contribution is 5.52. The van der Waals surface area contributed by atoms with Crippen LogP contribution in [0.5, 0.6) is 0 Å². The first-order chi connectivity index (χ1) is 10.2. The van der Waals surface area contributed by atoms with Gasteiger partial charge in [-0.15, -0.1) is 10.2 Å². The first kappa shape index (κ1) is 13.3. The molecular formula is C16H14FN3O. The Kier molecular flexibility index (Phi) is 3.64. The van der Waals surface area contributed by atoms with Crippen molar-refractivity contribution in [2.24, 2.45) is 0 Å². The van der Waals surface area contributed by atoms with Gasteiger partial charge in [-0.3, -0.25) is 0 Å². The fraction of sp³-hybridized carbons (Fsp3) is 0.125. The van der Waals surface area contributed by atoms with E-state index >= 15 is 0 Å². The molecule has 0 fully saturated rings. The molecule has 0 saturated heterocycles. The van der Waals surface area contributed by atoms with Gasteiger partial charge in [0.25, 0.3) is 0 Å². The molecule has 0 aliphatic rings. The van der Waals surface area contributed by atoms with Crippen LogP contribution < -0.4 is 5.32 Å². The first-order valence-corrected chi connectivity index (χ1v) is 6.60. The smallest absolute Gasteiger partial charge is 0.247 e. The normalized spacial score (nSPS) is 10.6. The number of rotatable bonds is 4. The van der Waals surface area contributed by atoms with Gasteiger partial charge in [-0.2, -0.15) is 0 Å². The second-order valence-electron chi connectivity index (χ2n) is 4.68. The van der Waals surface area contributed by atoms with Crippen molar-refractivity contribution in [1.29, 1.82) is 0 Å². The molecule has 0 aliphatic heterocycles. The Bertz CT molecular complexity index is 740. The fourth-order valence-corrected chi connectivity index (χ4v) is 1.90. The minimum absolute atomic E-state index is 0.240. The Hall–Kier alpha value is -2.69. The Labute approximate surface area is 121 Å². The highest BCUT2D eigenvalue weighted by Gasteiger charge is 2.08. The van der Waals surface area contributed by atoms with Gasteiger partial charge in [0.05, 0.1) is 6.54 Å². The van der Waals surface area contributed by atoms with E-state index in [4.69, 9.17) is 4.42 Å². The maximum absolute atomic E-state index is 13.4. The summed E-state index contributed by atoms with van der Waals surface area (Å²) in [4.78, 5) is 0. The number of nitrogens with zero attached hydrogens (tertiary/aromatic N) is 2. The predicted octanol–water partition coefficient (Wildman–Crippen LogP) is 3.80. The molecule has 0 saturated carbocycles. The van der Waals surface area contributed by atoms with Crippen LogP contribution in [-0.4, -0.2) is 10.2 Å². The average molecular weight is 283 g/mol. The van der Waals surface area contributed by atoms with Crippen LogP contribution in [0.1, 0.15) is 11.5 Å². The number of aryl methyl sites for hydroxylation is 1. The van der Waals surface area contributed by atoms with Crippen LogP contribution in [0.25, 0.3) is 11.5 Å². The highest BCUT2D eigenvalue weighted by Crippen LogP contribution is 2.18. The molecule has 0 atom stereocenters. The lowest BCUT2D eigenvalue weighted by molar-refractivity contribution is 0.515. The minimum Gasteiger partial charge on any atom is -0.419 e. The molecule has 0 amide bonds. The van der Waals surface area contributed by atoms with Gasteiger partial charge in [0.2, 0.25) is 11.8 Å². The van der Waals surface area contributed by atoms with E-state index in [2.05, 4.69) is 15.5 Å². The Balaban J connectivity index is 1.69. The molecule has 0 spiro atoms. The largest absolute Gasteiger partial charge is 0.419 e. The van der Waals surface area contributed by atoms with Crippen molar-refractivity contribution in [2.75, 3.05) is 5.32 Å². The molecule has 3 rings (SSSR count). The molecule has 5 heteroatoms. The van der Waals surface area contributed by atoms with Crippen LogP contribution in [0.4, 0.5) is 10.1 Å². The molecule has 1 N–H and O–H groups in total. The summed E-state index contributed by atoms with van der Waals surface area (Å²) >= 11 is 0. The summed E-state index contributed by atoms with van der Waals surface area (Å²) in [7, 11) is 0. The SMILES string of the molecule is Cc1ccc(NCc2nnc(-c3ccccc3)o2)cc1F. The van der Waals surface area contributed by atoms with Crippen molar-refractivity contribution in [3.63, 3.8) is 0 Å². The van der Waals surface area contributed by atoms with Crippen molar-refractivity contribution >= 4 is 5.69 Å². The number of anilines is 1. The van der Waals surface area contributed by atoms with E-state index in [0.29, 0.717) is 29.6 Å². The van der Waals surface area contributed by atoms with Crippen molar-refractivity contribution in [3.8, 4) is 11.5 Å². The molecule has 2 aromatic carbocycles. The van der Waals surface area contributed by atoms with Gasteiger partial charge in [0.1, 0.15) is 5.82 Å². The topological polar surface area (TPSA) is 51.0 Å². The summed E-state index contributed by atoms with van der Waals surface area (Å²) in [6.45, 7) is 2.07. The van der Waals surface area contributed by atoms with Crippen molar-refractivity contribution < 1.29 is 8.81 Å². The summed E-state index contributed by atoms with van der Waals surface area (Å²) in [5.74, 6) is 0.688. The van der Waals surface area contributed by atoms with E-state index in [1.807, 2.05) is 36.4 Å². The van der Waals surface area contributed by atoms with Gasteiger partial charge in [-0.1, -0.05) is 24.3 Å². The summed E-state index contributed by atoms with van der Waals surface area (Å²) in [5.41, 5.74) is 2.17. The third-order valence-electron chi connectivity index (χ3n) is 3.10.